The molecule has 6 nitrogen and oxygen atoms in total. The molecule has 1 aliphatic heterocycles. The van der Waals surface area contributed by atoms with Gasteiger partial charge >= 0.3 is 0 Å². The summed E-state index contributed by atoms with van der Waals surface area (Å²) < 4.78 is 47.5. The molecular formula is C26H26ClFN2O4S2. The van der Waals surface area contributed by atoms with Crippen molar-refractivity contribution in [3.63, 3.8) is 0 Å². The van der Waals surface area contributed by atoms with E-state index in [1.165, 1.54) is 45.6 Å². The number of hydrogen-bond acceptors (Lipinski definition) is 5. The van der Waals surface area contributed by atoms with E-state index in [4.69, 9.17) is 16.3 Å². The Hall–Kier alpha value is -2.46. The minimum Gasteiger partial charge on any atom is -0.491 e. The van der Waals surface area contributed by atoms with Gasteiger partial charge in [0.05, 0.1) is 17.5 Å². The Kier molecular flexibility index (Phi) is 7.35. The molecule has 2 heterocycles. The fourth-order valence-electron chi connectivity index (χ4n) is 4.41. The highest BCUT2D eigenvalue weighted by molar-refractivity contribution is 7.89. The van der Waals surface area contributed by atoms with E-state index in [0.717, 1.165) is 18.4 Å². The van der Waals surface area contributed by atoms with Gasteiger partial charge in [-0.2, -0.15) is 4.31 Å². The number of halogens is 2. The SMILES string of the molecule is O=C(CN(CC1CC1)S(=O)(=O)c1ccc(Cl)cc1)N1CCc2sccc2C1COc1ccc(F)cc1. The van der Waals surface area contributed by atoms with Crippen molar-refractivity contribution in [1.29, 1.82) is 0 Å². The van der Waals surface area contributed by atoms with Crippen molar-refractivity contribution in [2.45, 2.75) is 30.2 Å². The van der Waals surface area contributed by atoms with Crippen LogP contribution in [0.2, 0.25) is 5.02 Å². The number of nitrogens with zero attached hydrogens (tertiary/aromatic N) is 2. The first kappa shape index (κ1) is 25.2. The number of amides is 1. The smallest absolute Gasteiger partial charge is 0.243 e. The molecule has 0 bridgehead atoms. The summed E-state index contributed by atoms with van der Waals surface area (Å²) in [6, 6.07) is 13.4. The van der Waals surface area contributed by atoms with Crippen LogP contribution in [0, 0.1) is 11.7 Å². The van der Waals surface area contributed by atoms with Crippen LogP contribution in [0.4, 0.5) is 4.39 Å². The minimum absolute atomic E-state index is 0.121. The Morgan fingerprint density at radius 1 is 1.11 bits per heavy atom. The predicted molar refractivity (Wildman–Crippen MR) is 137 cm³/mol. The molecule has 36 heavy (non-hydrogen) atoms. The molecule has 0 saturated heterocycles. The van der Waals surface area contributed by atoms with Crippen LogP contribution < -0.4 is 4.74 Å². The molecule has 0 N–H and O–H groups in total. The van der Waals surface area contributed by atoms with Crippen molar-refractivity contribution in [1.82, 2.24) is 9.21 Å². The van der Waals surface area contributed by atoms with E-state index < -0.39 is 10.0 Å². The monoisotopic (exact) mass is 548 g/mol. The predicted octanol–water partition coefficient (Wildman–Crippen LogP) is 5.15. The molecule has 1 fully saturated rings. The summed E-state index contributed by atoms with van der Waals surface area (Å²) in [7, 11) is -3.87. The second-order valence-corrected chi connectivity index (χ2v) is 12.5. The fraction of sp³-hybridized carbons (Fsp3) is 0.346. The maximum atomic E-state index is 13.6. The van der Waals surface area contributed by atoms with Crippen molar-refractivity contribution in [3.8, 4) is 5.75 Å². The first-order valence-corrected chi connectivity index (χ1v) is 14.5. The lowest BCUT2D eigenvalue weighted by Gasteiger charge is -2.37. The quantitative estimate of drug-likeness (QED) is 0.371. The zero-order chi connectivity index (χ0) is 25.3. The molecule has 0 spiro atoms. The Balaban J connectivity index is 1.37. The molecule has 5 rings (SSSR count). The zero-order valence-corrected chi connectivity index (χ0v) is 21.9. The lowest BCUT2D eigenvalue weighted by Crippen LogP contribution is -2.48. The van der Waals surface area contributed by atoms with Crippen LogP contribution in [0.25, 0.3) is 0 Å². The van der Waals surface area contributed by atoms with E-state index >= 15 is 0 Å². The van der Waals surface area contributed by atoms with Crippen molar-refractivity contribution >= 4 is 38.9 Å². The van der Waals surface area contributed by atoms with Gasteiger partial charge in [-0.15, -0.1) is 11.3 Å². The number of ether oxygens (including phenoxy) is 1. The molecule has 2 aromatic carbocycles. The van der Waals surface area contributed by atoms with Crippen LogP contribution in [0.1, 0.15) is 29.3 Å². The minimum atomic E-state index is -3.87. The van der Waals surface area contributed by atoms with E-state index in [1.54, 1.807) is 28.4 Å². The molecule has 190 valence electrons. The fourth-order valence-corrected chi connectivity index (χ4v) is 6.93. The molecule has 0 radical (unpaired) electrons. The second-order valence-electron chi connectivity index (χ2n) is 9.11. The molecule has 1 aromatic heterocycles. The molecule has 1 saturated carbocycles. The van der Waals surface area contributed by atoms with Gasteiger partial charge in [0.15, 0.2) is 0 Å². The van der Waals surface area contributed by atoms with Crippen LogP contribution in [0.3, 0.4) is 0 Å². The Labute approximate surface area is 219 Å². The number of thiophene rings is 1. The van der Waals surface area contributed by atoms with Crippen molar-refractivity contribution in [3.05, 3.63) is 81.3 Å². The van der Waals surface area contributed by atoms with Gasteiger partial charge in [0.25, 0.3) is 0 Å². The van der Waals surface area contributed by atoms with Crippen LogP contribution in [-0.2, 0) is 21.2 Å². The number of rotatable bonds is 9. The standard InChI is InChI=1S/C26H26ClFN2O4S2/c27-19-3-9-22(10-4-19)36(32,33)29(15-18-1-2-18)16-26(31)30-13-11-25-23(12-14-35-25)24(30)17-34-21-7-5-20(28)6-8-21/h3-10,12,14,18,24H,1-2,11,13,15-17H2. The number of carbonyl (C=O) groups is 1. The molecule has 1 atom stereocenters. The van der Waals surface area contributed by atoms with Gasteiger partial charge in [-0.3, -0.25) is 4.79 Å². The molecule has 2 aliphatic rings. The lowest BCUT2D eigenvalue weighted by molar-refractivity contribution is -0.135. The van der Waals surface area contributed by atoms with Gasteiger partial charge in [0, 0.05) is 23.0 Å². The highest BCUT2D eigenvalue weighted by atomic mass is 35.5. The summed E-state index contributed by atoms with van der Waals surface area (Å²) in [5.41, 5.74) is 1.01. The van der Waals surface area contributed by atoms with Gasteiger partial charge in [0.1, 0.15) is 18.2 Å². The summed E-state index contributed by atoms with van der Waals surface area (Å²) in [6.45, 7) is 0.731. The molecule has 10 heteroatoms. The number of carbonyl (C=O) groups excluding carboxylic acids is 1. The van der Waals surface area contributed by atoms with Crippen LogP contribution in [-0.4, -0.2) is 49.8 Å². The second kappa shape index (κ2) is 10.5. The average Bonchev–Trinajstić information content (AvgIpc) is 3.55. The number of fused-ring (bicyclic) bond motifs is 1. The summed E-state index contributed by atoms with van der Waals surface area (Å²) in [6.07, 6.45) is 2.62. The van der Waals surface area contributed by atoms with Crippen LogP contribution >= 0.6 is 22.9 Å². The maximum absolute atomic E-state index is 13.6. The average molecular weight is 549 g/mol. The van der Waals surface area contributed by atoms with Crippen molar-refractivity contribution < 1.29 is 22.3 Å². The van der Waals surface area contributed by atoms with Crippen LogP contribution in [0.15, 0.2) is 64.9 Å². The Morgan fingerprint density at radius 3 is 2.53 bits per heavy atom. The summed E-state index contributed by atoms with van der Waals surface area (Å²) in [5, 5.41) is 2.44. The molecule has 3 aromatic rings. The highest BCUT2D eigenvalue weighted by Gasteiger charge is 2.37. The highest BCUT2D eigenvalue weighted by Crippen LogP contribution is 2.35. The zero-order valence-electron chi connectivity index (χ0n) is 19.5. The van der Waals surface area contributed by atoms with Crippen molar-refractivity contribution in [2.75, 3.05) is 26.2 Å². The van der Waals surface area contributed by atoms with Gasteiger partial charge < -0.3 is 9.64 Å². The normalized spacial score (nSPS) is 17.8. The molecule has 1 aliphatic carbocycles. The van der Waals surface area contributed by atoms with E-state index in [9.17, 15) is 17.6 Å². The lowest BCUT2D eigenvalue weighted by atomic mass is 10.0. The van der Waals surface area contributed by atoms with Crippen LogP contribution in [0.5, 0.6) is 5.75 Å². The summed E-state index contributed by atoms with van der Waals surface area (Å²) >= 11 is 7.59. The van der Waals surface area contributed by atoms with Crippen molar-refractivity contribution in [2.24, 2.45) is 5.92 Å². The molecule has 1 amide bonds. The van der Waals surface area contributed by atoms with Gasteiger partial charge in [-0.05, 0) is 90.7 Å². The first-order valence-electron chi connectivity index (χ1n) is 11.8. The van der Waals surface area contributed by atoms with E-state index in [1.807, 2.05) is 11.4 Å². The van der Waals surface area contributed by atoms with E-state index in [-0.39, 0.29) is 41.7 Å². The van der Waals surface area contributed by atoms with E-state index in [2.05, 4.69) is 0 Å². The summed E-state index contributed by atoms with van der Waals surface area (Å²) in [4.78, 5) is 16.7. The third kappa shape index (κ3) is 5.59. The third-order valence-corrected chi connectivity index (χ3v) is 9.63. The number of hydrogen-bond donors (Lipinski definition) is 0. The largest absolute Gasteiger partial charge is 0.491 e. The van der Waals surface area contributed by atoms with Gasteiger partial charge in [0.2, 0.25) is 15.9 Å². The topological polar surface area (TPSA) is 66.9 Å². The van der Waals surface area contributed by atoms with Gasteiger partial charge in [-0.25, -0.2) is 12.8 Å². The molecular weight excluding hydrogens is 523 g/mol. The number of sulfonamides is 1. The maximum Gasteiger partial charge on any atom is 0.243 e. The Morgan fingerprint density at radius 2 is 1.83 bits per heavy atom. The number of benzene rings is 2. The van der Waals surface area contributed by atoms with E-state index in [0.29, 0.717) is 30.3 Å². The summed E-state index contributed by atoms with van der Waals surface area (Å²) in [5.74, 6) is 0.154. The van der Waals surface area contributed by atoms with Gasteiger partial charge in [-0.1, -0.05) is 11.6 Å². The third-order valence-electron chi connectivity index (χ3n) is 6.56. The first-order chi connectivity index (χ1) is 17.3. The Bertz CT molecular complexity index is 1320. The molecule has 1 unspecified atom stereocenters.